The highest BCUT2D eigenvalue weighted by Gasteiger charge is 2.49. The number of fused-ring (bicyclic) bond motifs is 1. The summed E-state index contributed by atoms with van der Waals surface area (Å²) in [5.41, 5.74) is 5.95. The summed E-state index contributed by atoms with van der Waals surface area (Å²) in [5, 5.41) is 12.5. The molecule has 6 aromatic rings. The molecular weight excluding hydrogens is 636 g/mol. The predicted octanol–water partition coefficient (Wildman–Crippen LogP) is 8.75. The Morgan fingerprint density at radius 2 is 0.961 bits per heavy atom. The largest absolute Gasteiger partial charge is 0.392 e. The van der Waals surface area contributed by atoms with Crippen LogP contribution in [0.25, 0.3) is 10.8 Å². The predicted molar refractivity (Wildman–Crippen MR) is 199 cm³/mol. The second kappa shape index (κ2) is 17.5. The quantitative estimate of drug-likeness (QED) is 0.117. The Morgan fingerprint density at radius 3 is 1.51 bits per heavy atom. The van der Waals surface area contributed by atoms with E-state index in [1.807, 2.05) is 97.1 Å². The van der Waals surface area contributed by atoms with Gasteiger partial charge in [-0.25, -0.2) is 0 Å². The van der Waals surface area contributed by atoms with Crippen molar-refractivity contribution in [2.45, 2.75) is 63.6 Å². The van der Waals surface area contributed by atoms with E-state index in [0.717, 1.165) is 44.2 Å². The molecule has 51 heavy (non-hydrogen) atoms. The third-order valence-electron chi connectivity index (χ3n) is 9.35. The Morgan fingerprint density at radius 1 is 0.490 bits per heavy atom. The van der Waals surface area contributed by atoms with Crippen LogP contribution in [0.5, 0.6) is 0 Å². The van der Waals surface area contributed by atoms with Gasteiger partial charge in [0.15, 0.2) is 0 Å². The van der Waals surface area contributed by atoms with Crippen molar-refractivity contribution in [2.24, 2.45) is 0 Å². The fourth-order valence-electron chi connectivity index (χ4n) is 6.77. The molecule has 5 unspecified atom stereocenters. The summed E-state index contributed by atoms with van der Waals surface area (Å²) < 4.78 is 34.1. The maximum absolute atomic E-state index is 10.5. The lowest BCUT2D eigenvalue weighted by molar-refractivity contribution is -0.275. The van der Waals surface area contributed by atoms with Gasteiger partial charge >= 0.3 is 0 Å². The molecule has 1 N–H and O–H groups in total. The van der Waals surface area contributed by atoms with E-state index in [2.05, 4.69) is 60.7 Å². The summed E-state index contributed by atoms with van der Waals surface area (Å²) in [4.78, 5) is 0. The Kier molecular flexibility index (Phi) is 11.9. The van der Waals surface area contributed by atoms with Crippen LogP contribution < -0.4 is 0 Å². The maximum Gasteiger partial charge on any atom is 0.117 e. The molecule has 260 valence electrons. The summed E-state index contributed by atoms with van der Waals surface area (Å²) in [6, 6.07) is 52.9. The van der Waals surface area contributed by atoms with Crippen molar-refractivity contribution in [1.82, 2.24) is 0 Å². The van der Waals surface area contributed by atoms with E-state index in [9.17, 15) is 5.11 Å². The summed E-state index contributed by atoms with van der Waals surface area (Å²) in [5.74, 6) is 0. The normalized spacial score (nSPS) is 20.4. The van der Waals surface area contributed by atoms with Gasteiger partial charge in [-0.05, 0) is 50.2 Å². The Hall–Kier alpha value is -4.66. The van der Waals surface area contributed by atoms with E-state index >= 15 is 0 Å². The molecular formula is C45H44O6. The van der Waals surface area contributed by atoms with Gasteiger partial charge < -0.3 is 28.8 Å². The zero-order valence-corrected chi connectivity index (χ0v) is 28.6. The van der Waals surface area contributed by atoms with Gasteiger partial charge in [0.2, 0.25) is 0 Å². The van der Waals surface area contributed by atoms with E-state index in [1.54, 1.807) is 0 Å². The Bertz CT molecular complexity index is 1920. The molecule has 0 aliphatic carbocycles. The third-order valence-corrected chi connectivity index (χ3v) is 9.35. The number of hydrogen-bond acceptors (Lipinski definition) is 6. The summed E-state index contributed by atoms with van der Waals surface area (Å²) in [6.45, 7) is 1.71. The zero-order valence-electron chi connectivity index (χ0n) is 28.6. The molecule has 1 heterocycles. The van der Waals surface area contributed by atoms with Crippen LogP contribution in [0.4, 0.5) is 0 Å². The molecule has 0 radical (unpaired) electrons. The first kappa shape index (κ1) is 34.8. The average molecular weight is 681 g/mol. The van der Waals surface area contributed by atoms with Gasteiger partial charge in [0, 0.05) is 0 Å². The summed E-state index contributed by atoms with van der Waals surface area (Å²) in [7, 11) is 0. The molecule has 1 fully saturated rings. The van der Waals surface area contributed by atoms with Gasteiger partial charge in [-0.2, -0.15) is 0 Å². The number of hydrogen-bond donors (Lipinski definition) is 1. The molecule has 0 spiro atoms. The molecule has 5 atom stereocenters. The van der Waals surface area contributed by atoms with Gasteiger partial charge in [0.25, 0.3) is 0 Å². The first-order chi connectivity index (χ1) is 25.2. The number of ether oxygens (including phenoxy) is 5. The van der Waals surface area contributed by atoms with Crippen LogP contribution in [-0.4, -0.2) is 36.1 Å². The van der Waals surface area contributed by atoms with Crippen LogP contribution >= 0.6 is 0 Å². The second-order valence-corrected chi connectivity index (χ2v) is 12.9. The lowest BCUT2D eigenvalue weighted by Crippen LogP contribution is -2.58. The van der Waals surface area contributed by atoms with Gasteiger partial charge in [0.1, 0.15) is 30.5 Å². The monoisotopic (exact) mass is 680 g/mol. The molecule has 0 amide bonds. The molecule has 1 aliphatic rings. The minimum Gasteiger partial charge on any atom is -0.392 e. The lowest BCUT2D eigenvalue weighted by atomic mass is 9.88. The van der Waals surface area contributed by atoms with E-state index in [0.29, 0.717) is 26.4 Å². The standard InChI is InChI=1S/C45H44O6/c46-27-39-26-38(25-37-23-13-14-24-40(37)39)42-44(49-30-35-19-9-3-10-20-35)45(50-31-36-21-11-4-12-22-36)43(48-29-34-17-7-2-8-18-34)41(51-42)32-47-28-33-15-5-1-6-16-33/h1-26,41-46H,27-32H2. The maximum atomic E-state index is 10.5. The highest BCUT2D eigenvalue weighted by molar-refractivity contribution is 5.86. The highest BCUT2D eigenvalue weighted by atomic mass is 16.6. The smallest absolute Gasteiger partial charge is 0.117 e. The summed E-state index contributed by atoms with van der Waals surface area (Å²) in [6.07, 6.45) is -2.67. The van der Waals surface area contributed by atoms with Gasteiger partial charge in [-0.15, -0.1) is 0 Å². The third kappa shape index (κ3) is 8.99. The van der Waals surface area contributed by atoms with Crippen molar-refractivity contribution < 1.29 is 28.8 Å². The van der Waals surface area contributed by atoms with Crippen LogP contribution in [0.2, 0.25) is 0 Å². The molecule has 6 nitrogen and oxygen atoms in total. The van der Waals surface area contributed by atoms with E-state index in [1.165, 1.54) is 0 Å². The zero-order chi connectivity index (χ0) is 34.7. The van der Waals surface area contributed by atoms with Crippen molar-refractivity contribution in [3.8, 4) is 0 Å². The molecule has 1 aliphatic heterocycles. The van der Waals surface area contributed by atoms with Crippen molar-refractivity contribution in [3.63, 3.8) is 0 Å². The second-order valence-electron chi connectivity index (χ2n) is 12.9. The molecule has 6 aromatic carbocycles. The van der Waals surface area contributed by atoms with Gasteiger partial charge in [-0.1, -0.05) is 152 Å². The van der Waals surface area contributed by atoms with Crippen LogP contribution in [0.3, 0.4) is 0 Å². The molecule has 0 bridgehead atoms. The Labute approximate surface area is 300 Å². The lowest BCUT2D eigenvalue weighted by Gasteiger charge is -2.46. The SMILES string of the molecule is OCc1cc(C2OC(COCc3ccccc3)C(OCc3ccccc3)C(OCc3ccccc3)C2OCc2ccccc2)cc2ccccc12. The number of aliphatic hydroxyl groups excluding tert-OH is 1. The number of aliphatic hydroxyl groups is 1. The van der Waals surface area contributed by atoms with Crippen molar-refractivity contribution in [2.75, 3.05) is 6.61 Å². The number of rotatable bonds is 15. The minimum absolute atomic E-state index is 0.100. The molecule has 7 rings (SSSR count). The van der Waals surface area contributed by atoms with Gasteiger partial charge in [0.05, 0.1) is 39.6 Å². The van der Waals surface area contributed by atoms with Crippen molar-refractivity contribution in [1.29, 1.82) is 0 Å². The van der Waals surface area contributed by atoms with E-state index in [4.69, 9.17) is 23.7 Å². The van der Waals surface area contributed by atoms with Crippen LogP contribution in [0.15, 0.2) is 158 Å². The fraction of sp³-hybridized carbons (Fsp3) is 0.244. The van der Waals surface area contributed by atoms with Crippen LogP contribution in [0.1, 0.15) is 39.5 Å². The van der Waals surface area contributed by atoms with Crippen LogP contribution in [0, 0.1) is 0 Å². The van der Waals surface area contributed by atoms with Gasteiger partial charge in [-0.3, -0.25) is 0 Å². The molecule has 1 saturated heterocycles. The topological polar surface area (TPSA) is 66.4 Å². The molecule has 0 saturated carbocycles. The van der Waals surface area contributed by atoms with E-state index in [-0.39, 0.29) is 13.2 Å². The average Bonchev–Trinajstić information content (AvgIpc) is 3.20. The van der Waals surface area contributed by atoms with E-state index < -0.39 is 30.5 Å². The first-order valence-corrected chi connectivity index (χ1v) is 17.6. The number of benzene rings is 6. The van der Waals surface area contributed by atoms with Crippen molar-refractivity contribution in [3.05, 3.63) is 191 Å². The summed E-state index contributed by atoms with van der Waals surface area (Å²) >= 11 is 0. The molecule has 0 aromatic heterocycles. The fourth-order valence-corrected chi connectivity index (χ4v) is 6.77. The highest BCUT2D eigenvalue weighted by Crippen LogP contribution is 2.40. The first-order valence-electron chi connectivity index (χ1n) is 17.6. The molecule has 6 heteroatoms. The van der Waals surface area contributed by atoms with Crippen LogP contribution in [-0.2, 0) is 56.7 Å². The minimum atomic E-state index is -0.562. The Balaban J connectivity index is 1.28. The van der Waals surface area contributed by atoms with Crippen molar-refractivity contribution >= 4 is 10.8 Å².